The first kappa shape index (κ1) is 28.1. The molecule has 4 heteroatoms. The number of aromatic nitrogens is 3. The second-order valence-electron chi connectivity index (χ2n) is 12.2. The third kappa shape index (κ3) is 4.49. The van der Waals surface area contributed by atoms with E-state index in [-0.39, 0.29) is 0 Å². The summed E-state index contributed by atoms with van der Waals surface area (Å²) in [7, 11) is -2.56. The maximum Gasteiger partial charge on any atom is 0.179 e. The molecule has 0 fully saturated rings. The van der Waals surface area contributed by atoms with Gasteiger partial charge in [0.1, 0.15) is 11.2 Å². The number of pyridine rings is 2. The van der Waals surface area contributed by atoms with Crippen LogP contribution in [-0.4, -0.2) is 22.4 Å². The van der Waals surface area contributed by atoms with Crippen molar-refractivity contribution in [3.05, 3.63) is 188 Å². The summed E-state index contributed by atoms with van der Waals surface area (Å²) in [5, 5.41) is 6.56. The van der Waals surface area contributed by atoms with Crippen LogP contribution in [0.1, 0.15) is 0 Å². The number of imidazole rings is 1. The lowest BCUT2D eigenvalue weighted by molar-refractivity contribution is 1.22. The summed E-state index contributed by atoms with van der Waals surface area (Å²) in [6.45, 7) is 0. The lowest BCUT2D eigenvalue weighted by Gasteiger charge is -2.34. The van der Waals surface area contributed by atoms with Crippen molar-refractivity contribution in [3.63, 3.8) is 0 Å². The summed E-state index contributed by atoms with van der Waals surface area (Å²) in [4.78, 5) is 10.2. The molecule has 48 heavy (non-hydrogen) atoms. The average Bonchev–Trinajstić information content (AvgIpc) is 3.57. The normalized spacial score (nSPS) is 11.8. The number of para-hydroxylation sites is 1. The van der Waals surface area contributed by atoms with E-state index in [2.05, 4.69) is 174 Å². The fourth-order valence-electron chi connectivity index (χ4n) is 7.35. The van der Waals surface area contributed by atoms with Crippen LogP contribution in [0.2, 0.25) is 0 Å². The van der Waals surface area contributed by atoms with Gasteiger partial charge in [-0.05, 0) is 50.1 Å². The fraction of sp³-hybridized carbons (Fsp3) is 0. The lowest BCUT2D eigenvalue weighted by atomic mass is 10.0. The fourth-order valence-corrected chi connectivity index (χ4v) is 12.1. The van der Waals surface area contributed by atoms with Crippen molar-refractivity contribution in [2.45, 2.75) is 0 Å². The van der Waals surface area contributed by atoms with Crippen molar-refractivity contribution in [1.82, 2.24) is 14.4 Å². The number of benzene rings is 6. The number of nitrogens with zero attached hydrogens (tertiary/aromatic N) is 3. The van der Waals surface area contributed by atoms with E-state index in [0.717, 1.165) is 38.8 Å². The van der Waals surface area contributed by atoms with E-state index < -0.39 is 8.07 Å². The van der Waals surface area contributed by atoms with E-state index in [0.29, 0.717) is 0 Å². The van der Waals surface area contributed by atoms with Crippen molar-refractivity contribution in [3.8, 4) is 22.4 Å². The standard InChI is InChI=1S/C44H31N3Si/c1-4-14-35(15-5-1)48(36-16-6-2-7-17-36,37-18-8-3-9-19-37)38-29-27-33(28-30-38)32-23-25-34(26-24-32)42-44-43(39-20-10-11-21-40(39)45-42)46-41-22-12-13-31-47(41)44/h1-31H. The molecule has 3 aromatic heterocycles. The van der Waals surface area contributed by atoms with Gasteiger partial charge in [0.25, 0.3) is 0 Å². The molecule has 0 radical (unpaired) electrons. The first-order valence-electron chi connectivity index (χ1n) is 16.3. The van der Waals surface area contributed by atoms with Gasteiger partial charge in [-0.3, -0.25) is 4.40 Å². The Balaban J connectivity index is 1.15. The molecule has 0 unspecified atom stereocenters. The zero-order valence-electron chi connectivity index (χ0n) is 26.2. The van der Waals surface area contributed by atoms with Crippen LogP contribution in [0.4, 0.5) is 0 Å². The Kier molecular flexibility index (Phi) is 6.80. The Morgan fingerprint density at radius 2 is 0.875 bits per heavy atom. The quantitative estimate of drug-likeness (QED) is 0.139. The summed E-state index contributed by atoms with van der Waals surface area (Å²) in [5.74, 6) is 0. The van der Waals surface area contributed by atoms with Gasteiger partial charge in [0, 0.05) is 17.1 Å². The third-order valence-electron chi connectivity index (χ3n) is 9.58. The van der Waals surface area contributed by atoms with E-state index in [4.69, 9.17) is 9.97 Å². The van der Waals surface area contributed by atoms with Crippen LogP contribution >= 0.6 is 0 Å². The van der Waals surface area contributed by atoms with Crippen molar-refractivity contribution in [2.24, 2.45) is 0 Å². The Bertz CT molecular complexity index is 2430. The Morgan fingerprint density at radius 3 is 1.48 bits per heavy atom. The summed E-state index contributed by atoms with van der Waals surface area (Å²) < 4.78 is 2.15. The highest BCUT2D eigenvalue weighted by Crippen LogP contribution is 2.34. The summed E-state index contributed by atoms with van der Waals surface area (Å²) >= 11 is 0. The highest BCUT2D eigenvalue weighted by atomic mass is 28.3. The van der Waals surface area contributed by atoms with Gasteiger partial charge < -0.3 is 0 Å². The van der Waals surface area contributed by atoms with E-state index in [1.165, 1.54) is 31.9 Å². The molecule has 0 spiro atoms. The van der Waals surface area contributed by atoms with Crippen LogP contribution in [0, 0.1) is 0 Å². The van der Waals surface area contributed by atoms with Crippen LogP contribution < -0.4 is 20.7 Å². The van der Waals surface area contributed by atoms with Crippen LogP contribution in [-0.2, 0) is 0 Å². The Morgan fingerprint density at radius 1 is 0.396 bits per heavy atom. The topological polar surface area (TPSA) is 30.2 Å². The minimum absolute atomic E-state index is 0.921. The van der Waals surface area contributed by atoms with E-state index in [1.807, 2.05) is 18.2 Å². The minimum Gasteiger partial charge on any atom is -0.298 e. The van der Waals surface area contributed by atoms with Gasteiger partial charge in [0.2, 0.25) is 0 Å². The van der Waals surface area contributed by atoms with Crippen LogP contribution in [0.25, 0.3) is 50.0 Å². The lowest BCUT2D eigenvalue weighted by Crippen LogP contribution is -2.74. The third-order valence-corrected chi connectivity index (χ3v) is 14.4. The highest BCUT2D eigenvalue weighted by Gasteiger charge is 2.41. The average molecular weight is 630 g/mol. The number of hydrogen-bond acceptors (Lipinski definition) is 2. The second kappa shape index (κ2) is 11.6. The van der Waals surface area contributed by atoms with E-state index in [9.17, 15) is 0 Å². The minimum atomic E-state index is -2.56. The van der Waals surface area contributed by atoms with Gasteiger partial charge in [0.05, 0.1) is 16.7 Å². The zero-order chi connectivity index (χ0) is 31.9. The molecular weight excluding hydrogens is 599 g/mol. The largest absolute Gasteiger partial charge is 0.298 e. The van der Waals surface area contributed by atoms with Gasteiger partial charge in [-0.2, -0.15) is 0 Å². The molecule has 226 valence electrons. The smallest absolute Gasteiger partial charge is 0.179 e. The van der Waals surface area contributed by atoms with Gasteiger partial charge >= 0.3 is 0 Å². The molecule has 0 saturated heterocycles. The molecule has 0 bridgehead atoms. The summed E-state index contributed by atoms with van der Waals surface area (Å²) in [6, 6.07) is 65.7. The van der Waals surface area contributed by atoms with Crippen LogP contribution in [0.5, 0.6) is 0 Å². The molecule has 0 N–H and O–H groups in total. The zero-order valence-corrected chi connectivity index (χ0v) is 27.2. The first-order chi connectivity index (χ1) is 23.8. The molecule has 9 aromatic rings. The van der Waals surface area contributed by atoms with E-state index >= 15 is 0 Å². The van der Waals surface area contributed by atoms with Crippen molar-refractivity contribution in [2.75, 3.05) is 0 Å². The predicted molar refractivity (Wildman–Crippen MR) is 202 cm³/mol. The molecule has 9 rings (SSSR count). The molecule has 6 aromatic carbocycles. The highest BCUT2D eigenvalue weighted by molar-refractivity contribution is 7.19. The van der Waals surface area contributed by atoms with Crippen molar-refractivity contribution < 1.29 is 0 Å². The Labute approximate surface area is 280 Å². The first-order valence-corrected chi connectivity index (χ1v) is 18.3. The molecule has 3 nitrogen and oxygen atoms in total. The Hall–Kier alpha value is -6.10. The molecular formula is C44H31N3Si. The SMILES string of the molecule is c1ccc([Si](c2ccccc2)(c2ccccc2)c2ccc(-c3ccc(-c4nc5ccccc5c5nc6ccccn6c45)cc3)cc2)cc1. The van der Waals surface area contributed by atoms with Crippen molar-refractivity contribution >= 4 is 56.4 Å². The molecule has 0 saturated carbocycles. The second-order valence-corrected chi connectivity index (χ2v) is 16.0. The summed E-state index contributed by atoms with van der Waals surface area (Å²) in [5.41, 5.74) is 8.25. The molecule has 3 heterocycles. The molecule has 0 aliphatic rings. The molecule has 0 atom stereocenters. The van der Waals surface area contributed by atoms with Gasteiger partial charge in [0.15, 0.2) is 8.07 Å². The van der Waals surface area contributed by atoms with Crippen LogP contribution in [0.15, 0.2) is 188 Å². The molecule has 0 amide bonds. The van der Waals surface area contributed by atoms with Gasteiger partial charge in [-0.15, -0.1) is 0 Å². The monoisotopic (exact) mass is 629 g/mol. The van der Waals surface area contributed by atoms with Gasteiger partial charge in [-0.25, -0.2) is 9.97 Å². The van der Waals surface area contributed by atoms with Crippen LogP contribution in [0.3, 0.4) is 0 Å². The summed E-state index contributed by atoms with van der Waals surface area (Å²) in [6.07, 6.45) is 2.07. The molecule has 0 aliphatic heterocycles. The number of hydrogen-bond donors (Lipinski definition) is 0. The molecule has 0 aliphatic carbocycles. The van der Waals surface area contributed by atoms with E-state index in [1.54, 1.807) is 0 Å². The maximum atomic E-state index is 5.17. The number of rotatable bonds is 6. The predicted octanol–water partition coefficient (Wildman–Crippen LogP) is 7.75. The van der Waals surface area contributed by atoms with Crippen molar-refractivity contribution in [1.29, 1.82) is 0 Å². The van der Waals surface area contributed by atoms with Gasteiger partial charge in [-0.1, -0.05) is 164 Å². The maximum absolute atomic E-state index is 5.17. The number of fused-ring (bicyclic) bond motifs is 5.